The van der Waals surface area contributed by atoms with Crippen molar-refractivity contribution in [2.75, 3.05) is 20.8 Å². The van der Waals surface area contributed by atoms with Crippen molar-refractivity contribution in [3.05, 3.63) is 29.5 Å². The molecule has 0 saturated heterocycles. The van der Waals surface area contributed by atoms with E-state index in [0.717, 1.165) is 49.3 Å². The summed E-state index contributed by atoms with van der Waals surface area (Å²) < 4.78 is 13.2. The third kappa shape index (κ3) is 2.19. The van der Waals surface area contributed by atoms with Crippen LogP contribution >= 0.6 is 0 Å². The molecular weight excluding hydrogens is 356 g/mol. The van der Waals surface area contributed by atoms with E-state index in [0.29, 0.717) is 5.92 Å². The lowest BCUT2D eigenvalue weighted by Crippen LogP contribution is -2.64. The first-order chi connectivity index (χ1) is 13.5. The minimum Gasteiger partial charge on any atom is -0.497 e. The van der Waals surface area contributed by atoms with Gasteiger partial charge >= 0.3 is 5.97 Å². The number of methoxy groups -OCH3 is 2. The summed E-state index contributed by atoms with van der Waals surface area (Å²) in [6.07, 6.45) is 2.08. The van der Waals surface area contributed by atoms with Crippen LogP contribution in [0, 0.1) is 11.8 Å². The van der Waals surface area contributed by atoms with Crippen molar-refractivity contribution in [1.82, 2.24) is 9.88 Å². The summed E-state index contributed by atoms with van der Waals surface area (Å²) in [4.78, 5) is 13.4. The summed E-state index contributed by atoms with van der Waals surface area (Å²) in [7, 11) is 3.17. The van der Waals surface area contributed by atoms with Crippen LogP contribution in [-0.2, 0) is 27.9 Å². The Morgan fingerprint density at radius 1 is 1.39 bits per heavy atom. The highest BCUT2D eigenvalue weighted by molar-refractivity contribution is 5.93. The molecule has 2 aromatic rings. The summed E-state index contributed by atoms with van der Waals surface area (Å²) in [5, 5.41) is 15.4. The number of benzene rings is 1. The Kier molecular flexibility index (Phi) is 4.00. The predicted octanol–water partition coefficient (Wildman–Crippen LogP) is 2.00. The van der Waals surface area contributed by atoms with Crippen molar-refractivity contribution in [3.63, 3.8) is 0 Å². The molecule has 2 N–H and O–H groups in total. The second kappa shape index (κ2) is 6.22. The van der Waals surface area contributed by atoms with Gasteiger partial charge in [0.2, 0.25) is 0 Å². The maximum absolute atomic E-state index is 13.4. The molecule has 3 aliphatic rings. The van der Waals surface area contributed by atoms with Crippen LogP contribution in [0.5, 0.6) is 5.75 Å². The van der Waals surface area contributed by atoms with Gasteiger partial charge in [-0.05, 0) is 56.3 Å². The summed E-state index contributed by atoms with van der Waals surface area (Å²) in [6.45, 7) is 3.51. The number of rotatable bonds is 3. The minimum absolute atomic E-state index is 0.0325. The van der Waals surface area contributed by atoms with Crippen molar-refractivity contribution in [2.45, 2.75) is 50.3 Å². The fraction of sp³-hybridized carbons (Fsp3) is 0.591. The highest BCUT2D eigenvalue weighted by Crippen LogP contribution is 2.54. The molecule has 1 saturated carbocycles. The smallest absolute Gasteiger partial charge is 0.319 e. The van der Waals surface area contributed by atoms with Gasteiger partial charge < -0.3 is 24.5 Å². The molecule has 0 spiro atoms. The van der Waals surface area contributed by atoms with Gasteiger partial charge in [0.15, 0.2) is 0 Å². The lowest BCUT2D eigenvalue weighted by Gasteiger charge is -2.53. The molecule has 1 aliphatic carbocycles. The number of ether oxygens (including phenoxy) is 2. The molecule has 5 atom stereocenters. The number of carbonyl (C=O) groups is 1. The Hall–Kier alpha value is -2.05. The number of carbonyl (C=O) groups excluding carboxylic acids is 1. The first kappa shape index (κ1) is 18.0. The number of fused-ring (bicyclic) bond motifs is 4. The lowest BCUT2D eigenvalue weighted by molar-refractivity contribution is -0.155. The van der Waals surface area contributed by atoms with E-state index < -0.39 is 11.5 Å². The molecule has 150 valence electrons. The lowest BCUT2D eigenvalue weighted by atomic mass is 9.57. The number of aliphatic hydroxyl groups excluding tert-OH is 1. The van der Waals surface area contributed by atoms with E-state index in [1.54, 1.807) is 7.11 Å². The van der Waals surface area contributed by atoms with Crippen LogP contribution in [-0.4, -0.2) is 48.6 Å². The normalized spacial score (nSPS) is 31.9. The number of hydrogen-bond acceptors (Lipinski definition) is 5. The Bertz CT molecular complexity index is 950. The zero-order chi connectivity index (χ0) is 19.6. The average Bonchev–Trinajstić information content (AvgIpc) is 2.88. The van der Waals surface area contributed by atoms with Crippen LogP contribution in [0.3, 0.4) is 0 Å². The van der Waals surface area contributed by atoms with Gasteiger partial charge in [0, 0.05) is 35.7 Å². The van der Waals surface area contributed by atoms with Crippen molar-refractivity contribution >= 4 is 16.9 Å². The summed E-state index contributed by atoms with van der Waals surface area (Å²) in [5.74, 6) is 1.01. The van der Waals surface area contributed by atoms with E-state index in [1.165, 1.54) is 18.1 Å². The van der Waals surface area contributed by atoms with E-state index in [2.05, 4.69) is 22.0 Å². The molecule has 1 aromatic carbocycles. The summed E-state index contributed by atoms with van der Waals surface area (Å²) in [6, 6.07) is 6.08. The Morgan fingerprint density at radius 3 is 2.93 bits per heavy atom. The third-order valence-electron chi connectivity index (χ3n) is 7.32. The third-order valence-corrected chi connectivity index (χ3v) is 7.32. The molecule has 6 heteroatoms. The Balaban J connectivity index is 1.85. The molecule has 3 heterocycles. The van der Waals surface area contributed by atoms with Crippen LogP contribution < -0.4 is 10.1 Å². The molecule has 6 nitrogen and oxygen atoms in total. The fourth-order valence-electron chi connectivity index (χ4n) is 6.32. The zero-order valence-corrected chi connectivity index (χ0v) is 16.7. The van der Waals surface area contributed by atoms with Gasteiger partial charge in [-0.3, -0.25) is 4.79 Å². The standard InChI is InChI=1S/C22H28N2O4/c1-12(25)17-8-13-10-22(21(26)28-3)19(17)23-7-6-16-15-5-4-14(27-2)9-18(15)24(11-13)20(16)22/h4-5,9,12-13,17,19,23,25H,6-8,10-11H2,1-3H3/t12-,13+,17+,19-,22-/m0/s1. The number of aromatic nitrogens is 1. The van der Waals surface area contributed by atoms with Crippen LogP contribution in [0.15, 0.2) is 18.2 Å². The highest BCUT2D eigenvalue weighted by atomic mass is 16.5. The maximum atomic E-state index is 13.4. The van der Waals surface area contributed by atoms with Crippen molar-refractivity contribution in [1.29, 1.82) is 0 Å². The number of aliphatic hydroxyl groups is 1. The molecular formula is C22H28N2O4. The van der Waals surface area contributed by atoms with Crippen LogP contribution in [0.1, 0.15) is 31.0 Å². The van der Waals surface area contributed by atoms with E-state index >= 15 is 0 Å². The van der Waals surface area contributed by atoms with E-state index in [1.807, 2.05) is 13.0 Å². The number of nitrogens with one attached hydrogen (secondary N) is 1. The molecule has 0 radical (unpaired) electrons. The van der Waals surface area contributed by atoms with E-state index in [4.69, 9.17) is 9.47 Å². The van der Waals surface area contributed by atoms with Crippen molar-refractivity contribution < 1.29 is 19.4 Å². The van der Waals surface area contributed by atoms with Gasteiger partial charge in [0.1, 0.15) is 11.2 Å². The van der Waals surface area contributed by atoms with Gasteiger partial charge in [-0.15, -0.1) is 0 Å². The second-order valence-corrected chi connectivity index (χ2v) is 8.68. The predicted molar refractivity (Wildman–Crippen MR) is 106 cm³/mol. The maximum Gasteiger partial charge on any atom is 0.319 e. The highest BCUT2D eigenvalue weighted by Gasteiger charge is 2.61. The molecule has 28 heavy (non-hydrogen) atoms. The Morgan fingerprint density at radius 2 is 2.21 bits per heavy atom. The van der Waals surface area contributed by atoms with Gasteiger partial charge in [-0.2, -0.15) is 0 Å². The molecule has 0 amide bonds. The first-order valence-corrected chi connectivity index (χ1v) is 10.2. The van der Waals surface area contributed by atoms with Crippen molar-refractivity contribution in [3.8, 4) is 5.75 Å². The molecule has 1 fully saturated rings. The topological polar surface area (TPSA) is 72.7 Å². The largest absolute Gasteiger partial charge is 0.497 e. The van der Waals surface area contributed by atoms with Gasteiger partial charge in [-0.1, -0.05) is 0 Å². The summed E-state index contributed by atoms with van der Waals surface area (Å²) >= 11 is 0. The molecule has 1 aromatic heterocycles. The van der Waals surface area contributed by atoms with Crippen LogP contribution in [0.25, 0.3) is 10.9 Å². The van der Waals surface area contributed by atoms with Crippen LogP contribution in [0.4, 0.5) is 0 Å². The SMILES string of the molecule is COC(=O)[C@@]12C[C@H]3C[C@H]([C@H](C)O)[C@@H]1NCCc1c2n(c2cc(OC)ccc12)C3. The van der Waals surface area contributed by atoms with E-state index in [9.17, 15) is 9.90 Å². The van der Waals surface area contributed by atoms with E-state index in [-0.39, 0.29) is 17.9 Å². The van der Waals surface area contributed by atoms with Gasteiger partial charge in [-0.25, -0.2) is 0 Å². The number of esters is 1. The monoisotopic (exact) mass is 384 g/mol. The first-order valence-electron chi connectivity index (χ1n) is 10.2. The minimum atomic E-state index is -0.754. The van der Waals surface area contributed by atoms with Gasteiger partial charge in [0.05, 0.1) is 25.8 Å². The molecule has 2 bridgehead atoms. The van der Waals surface area contributed by atoms with Gasteiger partial charge in [0.25, 0.3) is 0 Å². The second-order valence-electron chi connectivity index (χ2n) is 8.68. The Labute approximate surface area is 164 Å². The summed E-state index contributed by atoms with van der Waals surface area (Å²) in [5.41, 5.74) is 2.72. The molecule has 5 rings (SSSR count). The fourth-order valence-corrected chi connectivity index (χ4v) is 6.32. The quantitative estimate of drug-likeness (QED) is 0.792. The van der Waals surface area contributed by atoms with Crippen molar-refractivity contribution in [2.24, 2.45) is 11.8 Å². The number of hydrogen-bond donors (Lipinski definition) is 2. The zero-order valence-electron chi connectivity index (χ0n) is 16.7. The van der Waals surface area contributed by atoms with Crippen LogP contribution in [0.2, 0.25) is 0 Å². The molecule has 0 unspecified atom stereocenters. The number of nitrogens with zero attached hydrogens (tertiary/aromatic N) is 1. The molecule has 2 aliphatic heterocycles. The average molecular weight is 384 g/mol.